The molecule has 1 amide bonds. The largest absolute Gasteiger partial charge is 0.444 e. The fraction of sp³-hybridized carbons (Fsp3) is 0.923. The molecular formula is C13H23NO4. The molecule has 0 saturated carbocycles. The number of fused-ring (bicyclic) bond motifs is 1. The lowest BCUT2D eigenvalue weighted by molar-refractivity contribution is 0.0221. The highest BCUT2D eigenvalue weighted by molar-refractivity contribution is 5.68. The Morgan fingerprint density at radius 1 is 1.44 bits per heavy atom. The van der Waals surface area contributed by atoms with Crippen LogP contribution in [0, 0.1) is 11.8 Å². The summed E-state index contributed by atoms with van der Waals surface area (Å²) in [5.74, 6) is 0.720. The van der Waals surface area contributed by atoms with Gasteiger partial charge in [0.25, 0.3) is 0 Å². The molecule has 2 aliphatic heterocycles. The van der Waals surface area contributed by atoms with Gasteiger partial charge in [0.1, 0.15) is 5.60 Å². The first kappa shape index (κ1) is 13.6. The van der Waals surface area contributed by atoms with Gasteiger partial charge in [-0.25, -0.2) is 4.79 Å². The third kappa shape index (κ3) is 2.95. The topological polar surface area (TPSA) is 59.0 Å². The van der Waals surface area contributed by atoms with Gasteiger partial charge in [-0.2, -0.15) is 0 Å². The zero-order valence-corrected chi connectivity index (χ0v) is 11.4. The minimum absolute atomic E-state index is 0.120. The number of hydrogen-bond acceptors (Lipinski definition) is 4. The molecule has 0 aromatic carbocycles. The molecule has 2 aliphatic rings. The second-order valence-corrected chi connectivity index (χ2v) is 6.19. The van der Waals surface area contributed by atoms with E-state index in [1.165, 1.54) is 0 Å². The van der Waals surface area contributed by atoms with E-state index >= 15 is 0 Å². The van der Waals surface area contributed by atoms with E-state index < -0.39 is 5.60 Å². The van der Waals surface area contributed by atoms with E-state index in [1.807, 2.05) is 20.8 Å². The summed E-state index contributed by atoms with van der Waals surface area (Å²) in [4.78, 5) is 13.7. The zero-order valence-electron chi connectivity index (χ0n) is 11.4. The lowest BCUT2D eigenvalue weighted by Gasteiger charge is -2.25. The smallest absolute Gasteiger partial charge is 0.410 e. The number of carbonyl (C=O) groups excluding carboxylic acids is 1. The number of rotatable bonds is 2. The predicted molar refractivity (Wildman–Crippen MR) is 66.2 cm³/mol. The van der Waals surface area contributed by atoms with Crippen LogP contribution in [0.5, 0.6) is 0 Å². The number of aliphatic hydroxyl groups excluding tert-OH is 1. The van der Waals surface area contributed by atoms with Crippen molar-refractivity contribution < 1.29 is 19.4 Å². The third-order valence-electron chi connectivity index (χ3n) is 3.59. The van der Waals surface area contributed by atoms with Crippen molar-refractivity contribution in [3.63, 3.8) is 0 Å². The van der Waals surface area contributed by atoms with Gasteiger partial charge in [0.05, 0.1) is 19.3 Å². The molecule has 1 N–H and O–H groups in total. The summed E-state index contributed by atoms with van der Waals surface area (Å²) in [7, 11) is 0. The maximum absolute atomic E-state index is 12.0. The Bertz CT molecular complexity index is 311. The second kappa shape index (κ2) is 5.05. The van der Waals surface area contributed by atoms with Gasteiger partial charge < -0.3 is 19.5 Å². The first-order chi connectivity index (χ1) is 8.40. The molecule has 104 valence electrons. The maximum atomic E-state index is 12.0. The molecule has 2 saturated heterocycles. The standard InChI is InChI=1S/C13H23NO4/c1-13(2,3)18-12(16)14-6-10-9(4-5-15)8-17-11(10)7-14/h9-11,15H,4-8H2,1-3H3/t9-,10-,11-/m0/s1. The lowest BCUT2D eigenvalue weighted by Crippen LogP contribution is -2.36. The molecule has 0 bridgehead atoms. The molecule has 2 rings (SSSR count). The van der Waals surface area contributed by atoms with E-state index in [0.29, 0.717) is 31.5 Å². The number of hydrogen-bond donors (Lipinski definition) is 1. The monoisotopic (exact) mass is 257 g/mol. The van der Waals surface area contributed by atoms with Crippen molar-refractivity contribution in [2.24, 2.45) is 11.8 Å². The molecule has 0 unspecified atom stereocenters. The Labute approximate surface area is 108 Å². The Balaban J connectivity index is 1.90. The molecule has 5 nitrogen and oxygen atoms in total. The van der Waals surface area contributed by atoms with Crippen LogP contribution in [0.2, 0.25) is 0 Å². The van der Waals surface area contributed by atoms with Gasteiger partial charge in [0.15, 0.2) is 0 Å². The summed E-state index contributed by atoms with van der Waals surface area (Å²) >= 11 is 0. The fourth-order valence-corrected chi connectivity index (χ4v) is 2.74. The van der Waals surface area contributed by atoms with Crippen molar-refractivity contribution in [1.82, 2.24) is 4.90 Å². The molecule has 0 aliphatic carbocycles. The van der Waals surface area contributed by atoms with E-state index in [9.17, 15) is 4.79 Å². The Morgan fingerprint density at radius 3 is 2.78 bits per heavy atom. The van der Waals surface area contributed by atoms with Gasteiger partial charge in [-0.05, 0) is 33.1 Å². The van der Waals surface area contributed by atoms with Crippen molar-refractivity contribution in [2.45, 2.75) is 38.9 Å². The highest BCUT2D eigenvalue weighted by atomic mass is 16.6. The van der Waals surface area contributed by atoms with Gasteiger partial charge >= 0.3 is 6.09 Å². The van der Waals surface area contributed by atoms with E-state index in [2.05, 4.69) is 0 Å². The third-order valence-corrected chi connectivity index (χ3v) is 3.59. The number of likely N-dealkylation sites (tertiary alicyclic amines) is 1. The number of ether oxygens (including phenoxy) is 2. The summed E-state index contributed by atoms with van der Waals surface area (Å²) in [6.45, 7) is 7.79. The molecular weight excluding hydrogens is 234 g/mol. The van der Waals surface area contributed by atoms with Crippen LogP contribution in [0.3, 0.4) is 0 Å². The summed E-state index contributed by atoms with van der Waals surface area (Å²) < 4.78 is 11.1. The van der Waals surface area contributed by atoms with Crippen molar-refractivity contribution in [1.29, 1.82) is 0 Å². The Morgan fingerprint density at radius 2 is 2.17 bits per heavy atom. The van der Waals surface area contributed by atoms with E-state index in [4.69, 9.17) is 14.6 Å². The number of nitrogens with zero attached hydrogens (tertiary/aromatic N) is 1. The van der Waals surface area contributed by atoms with Crippen LogP contribution in [0.25, 0.3) is 0 Å². The van der Waals surface area contributed by atoms with Crippen molar-refractivity contribution in [3.05, 3.63) is 0 Å². The summed E-state index contributed by atoms with van der Waals surface area (Å²) in [6, 6.07) is 0. The minimum atomic E-state index is -0.458. The van der Waals surface area contributed by atoms with Crippen molar-refractivity contribution in [3.8, 4) is 0 Å². The van der Waals surface area contributed by atoms with E-state index in [-0.39, 0.29) is 18.8 Å². The molecule has 2 fully saturated rings. The second-order valence-electron chi connectivity index (χ2n) is 6.19. The van der Waals surface area contributed by atoms with Gasteiger partial charge in [0, 0.05) is 19.1 Å². The predicted octanol–water partition coefficient (Wildman–Crippen LogP) is 1.25. The van der Waals surface area contributed by atoms with Crippen LogP contribution in [-0.4, -0.2) is 54.1 Å². The van der Waals surface area contributed by atoms with Crippen LogP contribution in [0.15, 0.2) is 0 Å². The Hall–Kier alpha value is -0.810. The van der Waals surface area contributed by atoms with E-state index in [1.54, 1.807) is 4.90 Å². The minimum Gasteiger partial charge on any atom is -0.444 e. The first-order valence-electron chi connectivity index (χ1n) is 6.61. The zero-order chi connectivity index (χ0) is 13.3. The van der Waals surface area contributed by atoms with Crippen LogP contribution < -0.4 is 0 Å². The number of carbonyl (C=O) groups is 1. The van der Waals surface area contributed by atoms with Gasteiger partial charge in [-0.15, -0.1) is 0 Å². The average molecular weight is 257 g/mol. The number of amides is 1. The highest BCUT2D eigenvalue weighted by Gasteiger charge is 2.45. The van der Waals surface area contributed by atoms with Crippen LogP contribution in [0.4, 0.5) is 4.79 Å². The lowest BCUT2D eigenvalue weighted by atomic mass is 9.91. The molecule has 0 radical (unpaired) electrons. The SMILES string of the molecule is CC(C)(C)OC(=O)N1C[C@H]2[C@@H](CCO)CO[C@H]2C1. The van der Waals surface area contributed by atoms with Crippen LogP contribution >= 0.6 is 0 Å². The molecule has 3 atom stereocenters. The molecule has 0 aromatic rings. The molecule has 2 heterocycles. The summed E-state index contributed by atoms with van der Waals surface area (Å²) in [5.41, 5.74) is -0.458. The average Bonchev–Trinajstić information content (AvgIpc) is 2.77. The van der Waals surface area contributed by atoms with Gasteiger partial charge in [-0.1, -0.05) is 0 Å². The van der Waals surface area contributed by atoms with Gasteiger partial charge in [-0.3, -0.25) is 0 Å². The maximum Gasteiger partial charge on any atom is 0.410 e. The quantitative estimate of drug-likeness (QED) is 0.809. The molecule has 0 spiro atoms. The summed E-state index contributed by atoms with van der Waals surface area (Å²) in [6.07, 6.45) is 0.612. The van der Waals surface area contributed by atoms with Crippen LogP contribution in [0.1, 0.15) is 27.2 Å². The number of aliphatic hydroxyl groups is 1. The van der Waals surface area contributed by atoms with E-state index in [0.717, 1.165) is 6.42 Å². The van der Waals surface area contributed by atoms with Crippen LogP contribution in [-0.2, 0) is 9.47 Å². The van der Waals surface area contributed by atoms with Crippen molar-refractivity contribution >= 4 is 6.09 Å². The summed E-state index contributed by atoms with van der Waals surface area (Å²) in [5, 5.41) is 9.01. The fourth-order valence-electron chi connectivity index (χ4n) is 2.74. The molecule has 18 heavy (non-hydrogen) atoms. The Kier molecular flexibility index (Phi) is 3.82. The van der Waals surface area contributed by atoms with Crippen molar-refractivity contribution in [2.75, 3.05) is 26.3 Å². The van der Waals surface area contributed by atoms with Gasteiger partial charge in [0.2, 0.25) is 0 Å². The molecule has 0 aromatic heterocycles. The molecule has 5 heteroatoms. The first-order valence-corrected chi connectivity index (χ1v) is 6.61. The normalized spacial score (nSPS) is 31.6. The highest BCUT2D eigenvalue weighted by Crippen LogP contribution is 2.35.